The molecule has 148 valence electrons. The maximum Gasteiger partial charge on any atom is 0.123 e. The Kier molecular flexibility index (Phi) is 6.53. The molecule has 1 aliphatic rings. The fraction of sp³-hybridized carbons (Fsp3) is 0.259. The van der Waals surface area contributed by atoms with E-state index < -0.39 is 0 Å². The molecule has 1 saturated heterocycles. The molecule has 0 aromatic heterocycles. The van der Waals surface area contributed by atoms with Gasteiger partial charge in [0.2, 0.25) is 0 Å². The van der Waals surface area contributed by atoms with Gasteiger partial charge in [0.1, 0.15) is 5.82 Å². The molecule has 0 aliphatic carbocycles. The summed E-state index contributed by atoms with van der Waals surface area (Å²) in [6, 6.07) is 26.8. The summed E-state index contributed by atoms with van der Waals surface area (Å²) in [5, 5.41) is 0. The minimum atomic E-state index is -0.177. The van der Waals surface area contributed by atoms with Crippen molar-refractivity contribution >= 4 is 6.08 Å². The van der Waals surface area contributed by atoms with E-state index >= 15 is 0 Å². The van der Waals surface area contributed by atoms with Gasteiger partial charge >= 0.3 is 0 Å². The fourth-order valence-electron chi connectivity index (χ4n) is 4.22. The van der Waals surface area contributed by atoms with Crippen LogP contribution >= 0.6 is 0 Å². The summed E-state index contributed by atoms with van der Waals surface area (Å²) >= 11 is 0. The summed E-state index contributed by atoms with van der Waals surface area (Å²) in [5.41, 5.74) is 5.09. The van der Waals surface area contributed by atoms with Gasteiger partial charge in [-0.25, -0.2) is 4.39 Å². The summed E-state index contributed by atoms with van der Waals surface area (Å²) in [4.78, 5) is 2.60. The van der Waals surface area contributed by atoms with Gasteiger partial charge in [0.25, 0.3) is 0 Å². The first-order valence-corrected chi connectivity index (χ1v) is 10.6. The summed E-state index contributed by atoms with van der Waals surface area (Å²) in [5.74, 6) is -0.177. The molecule has 0 N–H and O–H groups in total. The van der Waals surface area contributed by atoms with E-state index in [9.17, 15) is 4.39 Å². The highest BCUT2D eigenvalue weighted by molar-refractivity contribution is 5.48. The highest BCUT2D eigenvalue weighted by Crippen LogP contribution is 2.31. The molecule has 2 heteroatoms. The maximum atomic E-state index is 13.2. The van der Waals surface area contributed by atoms with Gasteiger partial charge in [-0.05, 0) is 60.2 Å². The number of halogens is 1. The molecule has 0 radical (unpaired) electrons. The van der Waals surface area contributed by atoms with E-state index in [1.807, 2.05) is 12.1 Å². The van der Waals surface area contributed by atoms with E-state index in [-0.39, 0.29) is 5.82 Å². The monoisotopic (exact) mass is 385 g/mol. The number of rotatable bonds is 6. The minimum absolute atomic E-state index is 0.177. The van der Waals surface area contributed by atoms with Crippen LogP contribution in [0.15, 0.2) is 84.9 Å². The Hall–Kier alpha value is -2.71. The maximum absolute atomic E-state index is 13.2. The smallest absolute Gasteiger partial charge is 0.123 e. The first-order valence-electron chi connectivity index (χ1n) is 10.6. The van der Waals surface area contributed by atoms with Gasteiger partial charge in [0, 0.05) is 12.6 Å². The summed E-state index contributed by atoms with van der Waals surface area (Å²) in [6.45, 7) is 2.12. The molecule has 1 heterocycles. The van der Waals surface area contributed by atoms with Crippen LogP contribution in [0, 0.1) is 5.82 Å². The zero-order valence-corrected chi connectivity index (χ0v) is 16.8. The molecule has 4 rings (SSSR count). The molecule has 0 spiro atoms. The van der Waals surface area contributed by atoms with Crippen LogP contribution in [0.3, 0.4) is 0 Å². The molecule has 1 atom stereocenters. The highest BCUT2D eigenvalue weighted by atomic mass is 19.1. The fourth-order valence-corrected chi connectivity index (χ4v) is 4.22. The third-order valence-corrected chi connectivity index (χ3v) is 5.72. The van der Waals surface area contributed by atoms with Gasteiger partial charge < -0.3 is 0 Å². The first-order chi connectivity index (χ1) is 14.3. The van der Waals surface area contributed by atoms with E-state index in [1.54, 1.807) is 12.1 Å². The number of piperidine rings is 1. The van der Waals surface area contributed by atoms with Crippen molar-refractivity contribution in [2.75, 3.05) is 13.1 Å². The highest BCUT2D eigenvalue weighted by Gasteiger charge is 2.23. The zero-order valence-electron chi connectivity index (χ0n) is 16.8. The Morgan fingerprint density at radius 2 is 1.69 bits per heavy atom. The van der Waals surface area contributed by atoms with Crippen LogP contribution in [0.1, 0.15) is 47.6 Å². The Balaban J connectivity index is 1.46. The lowest BCUT2D eigenvalue weighted by molar-refractivity contribution is 0.166. The Morgan fingerprint density at radius 1 is 0.862 bits per heavy atom. The van der Waals surface area contributed by atoms with E-state index in [0.29, 0.717) is 6.04 Å². The lowest BCUT2D eigenvalue weighted by atomic mass is 9.93. The molecule has 0 bridgehead atoms. The summed E-state index contributed by atoms with van der Waals surface area (Å²) in [7, 11) is 0. The molecule has 3 aromatic rings. The number of hydrogen-bond acceptors (Lipinski definition) is 1. The van der Waals surface area contributed by atoms with Crippen molar-refractivity contribution in [2.24, 2.45) is 0 Å². The molecule has 1 fully saturated rings. The third-order valence-electron chi connectivity index (χ3n) is 5.72. The van der Waals surface area contributed by atoms with Crippen LogP contribution in [-0.2, 0) is 6.42 Å². The molecular weight excluding hydrogens is 357 g/mol. The Morgan fingerprint density at radius 3 is 2.52 bits per heavy atom. The quantitative estimate of drug-likeness (QED) is 0.459. The molecule has 1 unspecified atom stereocenters. The third kappa shape index (κ3) is 5.42. The van der Waals surface area contributed by atoms with Gasteiger partial charge in [0.05, 0.1) is 0 Å². The standard InChI is InChI=1S/C27H28FN/c28-26-16-14-23(15-17-26)20-24-10-6-12-25(21-24)27-13-4-5-18-29(27)19-7-11-22-8-2-1-3-9-22/h1-3,6-12,14-17,21,27H,4-5,13,18-20H2/b11-7+. The van der Waals surface area contributed by atoms with Crippen LogP contribution in [0.4, 0.5) is 4.39 Å². The second kappa shape index (κ2) is 9.67. The predicted molar refractivity (Wildman–Crippen MR) is 119 cm³/mol. The lowest BCUT2D eigenvalue weighted by Gasteiger charge is -2.35. The predicted octanol–water partition coefficient (Wildman–Crippen LogP) is 6.66. The van der Waals surface area contributed by atoms with Crippen molar-refractivity contribution in [3.63, 3.8) is 0 Å². The van der Waals surface area contributed by atoms with Crippen molar-refractivity contribution in [1.29, 1.82) is 0 Å². The van der Waals surface area contributed by atoms with E-state index in [2.05, 4.69) is 71.6 Å². The van der Waals surface area contributed by atoms with Crippen molar-refractivity contribution in [1.82, 2.24) is 4.90 Å². The van der Waals surface area contributed by atoms with Crippen molar-refractivity contribution in [3.8, 4) is 0 Å². The van der Waals surface area contributed by atoms with Crippen LogP contribution < -0.4 is 0 Å². The largest absolute Gasteiger partial charge is 0.293 e. The van der Waals surface area contributed by atoms with Gasteiger partial charge in [-0.2, -0.15) is 0 Å². The Labute approximate surface area is 173 Å². The van der Waals surface area contributed by atoms with Crippen LogP contribution in [0.2, 0.25) is 0 Å². The summed E-state index contributed by atoms with van der Waals surface area (Å²) < 4.78 is 13.2. The average molecular weight is 386 g/mol. The van der Waals surface area contributed by atoms with Crippen molar-refractivity contribution in [3.05, 3.63) is 113 Å². The Bertz CT molecular complexity index is 930. The molecule has 29 heavy (non-hydrogen) atoms. The molecule has 1 nitrogen and oxygen atoms in total. The second-order valence-corrected chi connectivity index (χ2v) is 7.87. The number of nitrogens with zero attached hydrogens (tertiary/aromatic N) is 1. The van der Waals surface area contributed by atoms with E-state index in [1.165, 1.54) is 36.0 Å². The van der Waals surface area contributed by atoms with Crippen LogP contribution in [0.5, 0.6) is 0 Å². The first kappa shape index (κ1) is 19.6. The number of benzene rings is 3. The summed E-state index contributed by atoms with van der Waals surface area (Å²) in [6.07, 6.45) is 9.11. The molecule has 0 amide bonds. The molecular formula is C27H28FN. The molecule has 1 aliphatic heterocycles. The lowest BCUT2D eigenvalue weighted by Crippen LogP contribution is -2.33. The van der Waals surface area contributed by atoms with Crippen LogP contribution in [0.25, 0.3) is 6.08 Å². The van der Waals surface area contributed by atoms with Gasteiger partial charge in [-0.1, -0.05) is 85.3 Å². The van der Waals surface area contributed by atoms with Gasteiger partial charge in [-0.15, -0.1) is 0 Å². The minimum Gasteiger partial charge on any atom is -0.293 e. The molecule has 3 aromatic carbocycles. The average Bonchev–Trinajstić information content (AvgIpc) is 2.77. The SMILES string of the molecule is Fc1ccc(Cc2cccc(C3CCCCN3C/C=C/c3ccccc3)c2)cc1. The van der Waals surface area contributed by atoms with Gasteiger partial charge in [-0.3, -0.25) is 4.90 Å². The van der Waals surface area contributed by atoms with E-state index in [4.69, 9.17) is 0 Å². The number of hydrogen-bond donors (Lipinski definition) is 0. The van der Waals surface area contributed by atoms with E-state index in [0.717, 1.165) is 25.1 Å². The normalized spacial score (nSPS) is 17.6. The molecule has 0 saturated carbocycles. The second-order valence-electron chi connectivity index (χ2n) is 7.87. The zero-order chi connectivity index (χ0) is 19.9. The topological polar surface area (TPSA) is 3.24 Å². The van der Waals surface area contributed by atoms with Crippen molar-refractivity contribution in [2.45, 2.75) is 31.7 Å². The number of likely N-dealkylation sites (tertiary alicyclic amines) is 1. The van der Waals surface area contributed by atoms with Crippen molar-refractivity contribution < 1.29 is 4.39 Å². The van der Waals surface area contributed by atoms with Gasteiger partial charge in [0.15, 0.2) is 0 Å². The van der Waals surface area contributed by atoms with Crippen LogP contribution in [-0.4, -0.2) is 18.0 Å².